The fourth-order valence-electron chi connectivity index (χ4n) is 2.20. The normalized spacial score (nSPS) is 17.2. The molecule has 0 bridgehead atoms. The summed E-state index contributed by atoms with van der Waals surface area (Å²) in [6, 6.07) is 13.4. The molecular formula is C18H14Br2N2O2S. The summed E-state index contributed by atoms with van der Waals surface area (Å²) in [5, 5.41) is 3.37. The van der Waals surface area contributed by atoms with Crippen molar-refractivity contribution in [2.45, 2.75) is 6.92 Å². The topological polar surface area (TPSA) is 50.7 Å². The predicted octanol–water partition coefficient (Wildman–Crippen LogP) is 5.50. The van der Waals surface area contributed by atoms with Crippen LogP contribution in [0.3, 0.4) is 0 Å². The predicted molar refractivity (Wildman–Crippen MR) is 110 cm³/mol. The summed E-state index contributed by atoms with van der Waals surface area (Å²) in [6.07, 6.45) is 1.83. The standard InChI is InChI=1S/C18H14Br2N2O2S/c1-2-24-16-13(19)8-11(9-14(16)20)10-15-17(23)22-18(25-15)21-12-6-4-3-5-7-12/h3-10H,2H2,1H3,(H,21,22,23)/b15-10-. The molecule has 0 radical (unpaired) electrons. The van der Waals surface area contributed by atoms with Crippen LogP contribution < -0.4 is 10.1 Å². The number of aliphatic imine (C=N–C) groups is 1. The number of para-hydroxylation sites is 1. The van der Waals surface area contributed by atoms with Gasteiger partial charge in [0.1, 0.15) is 5.75 Å². The van der Waals surface area contributed by atoms with Gasteiger partial charge in [-0.3, -0.25) is 4.79 Å². The van der Waals surface area contributed by atoms with Crippen LogP contribution in [0.5, 0.6) is 5.75 Å². The molecular weight excluding hydrogens is 468 g/mol. The van der Waals surface area contributed by atoms with E-state index in [1.807, 2.05) is 55.5 Å². The second-order valence-electron chi connectivity index (χ2n) is 5.06. The summed E-state index contributed by atoms with van der Waals surface area (Å²) < 4.78 is 7.24. The molecule has 0 saturated carbocycles. The molecule has 0 unspecified atom stereocenters. The van der Waals surface area contributed by atoms with Crippen molar-refractivity contribution in [3.63, 3.8) is 0 Å². The molecule has 1 N–H and O–H groups in total. The van der Waals surface area contributed by atoms with Gasteiger partial charge in [-0.05, 0) is 86.5 Å². The number of amides is 1. The Balaban J connectivity index is 1.85. The summed E-state index contributed by atoms with van der Waals surface area (Å²) in [5.41, 5.74) is 1.69. The second-order valence-corrected chi connectivity index (χ2v) is 7.80. The van der Waals surface area contributed by atoms with Gasteiger partial charge in [0.25, 0.3) is 5.91 Å². The van der Waals surface area contributed by atoms with Crippen LogP contribution in [0.2, 0.25) is 0 Å². The number of benzene rings is 2. The van der Waals surface area contributed by atoms with Crippen molar-refractivity contribution in [1.82, 2.24) is 5.32 Å². The van der Waals surface area contributed by atoms with Gasteiger partial charge in [-0.1, -0.05) is 18.2 Å². The molecule has 0 aromatic heterocycles. The molecule has 0 atom stereocenters. The van der Waals surface area contributed by atoms with Crippen molar-refractivity contribution in [1.29, 1.82) is 0 Å². The zero-order valence-corrected chi connectivity index (χ0v) is 17.2. The van der Waals surface area contributed by atoms with E-state index in [0.29, 0.717) is 16.7 Å². The van der Waals surface area contributed by atoms with Crippen LogP contribution in [0.25, 0.3) is 6.08 Å². The van der Waals surface area contributed by atoms with Crippen LogP contribution in [0.1, 0.15) is 12.5 Å². The molecule has 3 rings (SSSR count). The van der Waals surface area contributed by atoms with Crippen molar-refractivity contribution in [3.05, 3.63) is 61.9 Å². The van der Waals surface area contributed by atoms with E-state index in [9.17, 15) is 4.79 Å². The van der Waals surface area contributed by atoms with E-state index < -0.39 is 0 Å². The quantitative estimate of drug-likeness (QED) is 0.586. The Labute approximate surface area is 167 Å². The lowest BCUT2D eigenvalue weighted by Gasteiger charge is -2.09. The molecule has 2 aromatic carbocycles. The van der Waals surface area contributed by atoms with E-state index in [2.05, 4.69) is 42.2 Å². The highest BCUT2D eigenvalue weighted by molar-refractivity contribution is 9.11. The number of hydrogen-bond donors (Lipinski definition) is 1. The Kier molecular flexibility index (Phi) is 5.98. The minimum Gasteiger partial charge on any atom is -0.492 e. The van der Waals surface area contributed by atoms with Crippen LogP contribution >= 0.6 is 43.6 Å². The number of nitrogens with one attached hydrogen (secondary N) is 1. The maximum absolute atomic E-state index is 12.2. The first-order valence-electron chi connectivity index (χ1n) is 7.53. The third-order valence-corrected chi connectivity index (χ3v) is 5.33. The third kappa shape index (κ3) is 4.54. The molecule has 2 aromatic rings. The lowest BCUT2D eigenvalue weighted by Crippen LogP contribution is -2.19. The number of rotatable bonds is 4. The van der Waals surface area contributed by atoms with Crippen molar-refractivity contribution >= 4 is 66.5 Å². The molecule has 1 aliphatic rings. The highest BCUT2D eigenvalue weighted by Gasteiger charge is 2.24. The van der Waals surface area contributed by atoms with Gasteiger partial charge in [0, 0.05) is 0 Å². The summed E-state index contributed by atoms with van der Waals surface area (Å²) >= 11 is 8.33. The molecule has 1 amide bonds. The number of hydrogen-bond acceptors (Lipinski definition) is 4. The fraction of sp³-hybridized carbons (Fsp3) is 0.111. The Morgan fingerprint density at radius 3 is 2.52 bits per heavy atom. The number of nitrogens with zero attached hydrogens (tertiary/aromatic N) is 1. The number of ether oxygens (including phenoxy) is 1. The van der Waals surface area contributed by atoms with Gasteiger partial charge in [-0.25, -0.2) is 4.99 Å². The maximum atomic E-state index is 12.2. The zero-order valence-electron chi connectivity index (χ0n) is 13.3. The first-order valence-corrected chi connectivity index (χ1v) is 9.93. The molecule has 1 aliphatic heterocycles. The van der Waals surface area contributed by atoms with E-state index in [1.165, 1.54) is 11.8 Å². The molecule has 1 saturated heterocycles. The molecule has 25 heavy (non-hydrogen) atoms. The summed E-state index contributed by atoms with van der Waals surface area (Å²) in [6.45, 7) is 2.51. The SMILES string of the molecule is CCOc1c(Br)cc(/C=C2\SC(=Nc3ccccc3)NC2=O)cc1Br. The summed E-state index contributed by atoms with van der Waals surface area (Å²) in [4.78, 5) is 17.2. The van der Waals surface area contributed by atoms with Crippen LogP contribution in [-0.4, -0.2) is 17.7 Å². The number of carbonyl (C=O) groups is 1. The molecule has 7 heteroatoms. The average Bonchev–Trinajstić information content (AvgIpc) is 2.91. The van der Waals surface area contributed by atoms with Crippen molar-refractivity contribution in [2.24, 2.45) is 4.99 Å². The molecule has 128 valence electrons. The van der Waals surface area contributed by atoms with Crippen LogP contribution in [-0.2, 0) is 4.79 Å². The van der Waals surface area contributed by atoms with E-state index in [0.717, 1.165) is 25.9 Å². The highest BCUT2D eigenvalue weighted by Crippen LogP contribution is 2.36. The van der Waals surface area contributed by atoms with E-state index in [1.54, 1.807) is 0 Å². The maximum Gasteiger partial charge on any atom is 0.264 e. The van der Waals surface area contributed by atoms with Crippen LogP contribution in [0.4, 0.5) is 5.69 Å². The van der Waals surface area contributed by atoms with Crippen molar-refractivity contribution < 1.29 is 9.53 Å². The lowest BCUT2D eigenvalue weighted by molar-refractivity contribution is -0.115. The second kappa shape index (κ2) is 8.21. The van der Waals surface area contributed by atoms with E-state index in [4.69, 9.17) is 4.74 Å². The highest BCUT2D eigenvalue weighted by atomic mass is 79.9. The minimum absolute atomic E-state index is 0.152. The monoisotopic (exact) mass is 480 g/mol. The van der Waals surface area contributed by atoms with Gasteiger partial charge >= 0.3 is 0 Å². The van der Waals surface area contributed by atoms with Gasteiger partial charge in [0.05, 0.1) is 26.1 Å². The van der Waals surface area contributed by atoms with Crippen molar-refractivity contribution in [3.8, 4) is 5.75 Å². The number of amidine groups is 1. The van der Waals surface area contributed by atoms with Gasteiger partial charge in [-0.2, -0.15) is 0 Å². The Morgan fingerprint density at radius 2 is 1.88 bits per heavy atom. The number of halogens is 2. The van der Waals surface area contributed by atoms with Crippen LogP contribution in [0.15, 0.2) is 61.3 Å². The first-order chi connectivity index (χ1) is 12.1. The zero-order chi connectivity index (χ0) is 17.8. The summed E-state index contributed by atoms with van der Waals surface area (Å²) in [5.74, 6) is 0.598. The molecule has 0 aliphatic carbocycles. The van der Waals surface area contributed by atoms with Gasteiger partial charge < -0.3 is 10.1 Å². The smallest absolute Gasteiger partial charge is 0.264 e. The number of thioether (sulfide) groups is 1. The number of carbonyl (C=O) groups excluding carboxylic acids is 1. The van der Waals surface area contributed by atoms with Gasteiger partial charge in [-0.15, -0.1) is 0 Å². The summed E-state index contributed by atoms with van der Waals surface area (Å²) in [7, 11) is 0. The average molecular weight is 482 g/mol. The van der Waals surface area contributed by atoms with Gasteiger partial charge in [0.2, 0.25) is 0 Å². The van der Waals surface area contributed by atoms with Crippen LogP contribution in [0, 0.1) is 0 Å². The first kappa shape index (κ1) is 18.2. The minimum atomic E-state index is -0.152. The molecule has 1 fully saturated rings. The van der Waals surface area contributed by atoms with Crippen molar-refractivity contribution in [2.75, 3.05) is 6.61 Å². The Bertz CT molecular complexity index is 844. The van der Waals surface area contributed by atoms with E-state index >= 15 is 0 Å². The fourth-order valence-corrected chi connectivity index (χ4v) is 4.49. The van der Waals surface area contributed by atoms with E-state index in [-0.39, 0.29) is 5.91 Å². The molecule has 1 heterocycles. The van der Waals surface area contributed by atoms with Gasteiger partial charge in [0.15, 0.2) is 5.17 Å². The Hall–Kier alpha value is -1.57. The molecule has 0 spiro atoms. The molecule has 4 nitrogen and oxygen atoms in total. The Morgan fingerprint density at radius 1 is 1.20 bits per heavy atom. The lowest BCUT2D eigenvalue weighted by atomic mass is 10.2. The third-order valence-electron chi connectivity index (χ3n) is 3.24. The largest absolute Gasteiger partial charge is 0.492 e.